The topological polar surface area (TPSA) is 36.8 Å². The molecule has 1 fully saturated rings. The average molecular weight is 371 g/mol. The second-order valence-electron chi connectivity index (χ2n) is 6.49. The Labute approximate surface area is 160 Å². The highest BCUT2D eigenvalue weighted by Gasteiger charge is 2.20. The Morgan fingerprint density at radius 2 is 1.96 bits per heavy atom. The van der Waals surface area contributed by atoms with Gasteiger partial charge in [-0.1, -0.05) is 35.9 Å². The van der Waals surface area contributed by atoms with Crippen molar-refractivity contribution in [2.75, 3.05) is 42.9 Å². The third kappa shape index (κ3) is 4.87. The Morgan fingerprint density at radius 3 is 2.69 bits per heavy atom. The van der Waals surface area contributed by atoms with Crippen LogP contribution < -0.4 is 15.1 Å². The van der Waals surface area contributed by atoms with Crippen LogP contribution in [0.1, 0.15) is 12.5 Å². The zero-order chi connectivity index (χ0) is 18.4. The number of hydrogen-bond acceptors (Lipinski definition) is 2. The molecule has 1 aliphatic heterocycles. The van der Waals surface area contributed by atoms with Crippen LogP contribution in [0.15, 0.2) is 54.6 Å². The van der Waals surface area contributed by atoms with Gasteiger partial charge in [-0.05, 0) is 42.8 Å². The number of carbonyl (C=O) groups is 1. The van der Waals surface area contributed by atoms with Crippen molar-refractivity contribution in [3.63, 3.8) is 0 Å². The number of halogens is 1. The largest absolute Gasteiger partial charge is 0.359 e. The van der Waals surface area contributed by atoms with Crippen molar-refractivity contribution in [2.45, 2.75) is 6.92 Å². The highest BCUT2D eigenvalue weighted by atomic mass is 35.5. The summed E-state index contributed by atoms with van der Waals surface area (Å²) < 4.78 is 0. The van der Waals surface area contributed by atoms with Crippen molar-refractivity contribution in [3.05, 3.63) is 65.2 Å². The summed E-state index contributed by atoms with van der Waals surface area (Å²) >= 11 is 5.98. The van der Waals surface area contributed by atoms with Gasteiger partial charge < -0.3 is 15.1 Å². The number of carbonyl (C=O) groups excluding carboxylic acids is 1. The number of benzene rings is 2. The van der Waals surface area contributed by atoms with Crippen LogP contribution in [0.5, 0.6) is 0 Å². The maximum atomic E-state index is 12.4. The quantitative estimate of drug-likeness (QED) is 0.794. The van der Waals surface area contributed by atoms with Gasteiger partial charge in [-0.15, -0.1) is 0 Å². The maximum Gasteiger partial charge on any atom is 0.248 e. The van der Waals surface area contributed by atoms with Crippen LogP contribution in [0.4, 0.5) is 11.4 Å². The van der Waals surface area contributed by atoms with E-state index in [1.807, 2.05) is 42.5 Å². The molecule has 136 valence electrons. The SMILES string of the molecule is CC[NH+]1CCN(c2ccccc2NC(=O)/C=C/c2cccc(Cl)c2)CC1. The van der Waals surface area contributed by atoms with E-state index in [9.17, 15) is 4.79 Å². The number of rotatable bonds is 5. The highest BCUT2D eigenvalue weighted by molar-refractivity contribution is 6.30. The highest BCUT2D eigenvalue weighted by Crippen LogP contribution is 2.25. The molecule has 2 N–H and O–H groups in total. The van der Waals surface area contributed by atoms with Gasteiger partial charge in [-0.25, -0.2) is 0 Å². The number of nitrogens with one attached hydrogen (secondary N) is 2. The number of piperazine rings is 1. The summed E-state index contributed by atoms with van der Waals surface area (Å²) in [4.78, 5) is 16.3. The van der Waals surface area contributed by atoms with Gasteiger partial charge in [0.2, 0.25) is 5.91 Å². The summed E-state index contributed by atoms with van der Waals surface area (Å²) in [6.07, 6.45) is 3.31. The first-order valence-corrected chi connectivity index (χ1v) is 9.45. The van der Waals surface area contributed by atoms with Crippen molar-refractivity contribution in [1.82, 2.24) is 0 Å². The van der Waals surface area contributed by atoms with Crippen LogP contribution in [0.2, 0.25) is 5.02 Å². The molecule has 2 aromatic carbocycles. The van der Waals surface area contributed by atoms with E-state index in [0.29, 0.717) is 5.02 Å². The molecule has 0 saturated carbocycles. The molecule has 3 rings (SSSR count). The third-order valence-electron chi connectivity index (χ3n) is 4.75. The molecule has 1 aliphatic rings. The molecule has 26 heavy (non-hydrogen) atoms. The molecule has 0 bridgehead atoms. The zero-order valence-corrected chi connectivity index (χ0v) is 15.8. The maximum absolute atomic E-state index is 12.4. The van der Waals surface area contributed by atoms with E-state index < -0.39 is 0 Å². The van der Waals surface area contributed by atoms with Crippen molar-refractivity contribution >= 4 is 35.0 Å². The number of anilines is 2. The minimum atomic E-state index is -0.143. The summed E-state index contributed by atoms with van der Waals surface area (Å²) in [7, 11) is 0. The lowest BCUT2D eigenvalue weighted by molar-refractivity contribution is -0.898. The number of nitrogens with zero attached hydrogens (tertiary/aromatic N) is 1. The summed E-state index contributed by atoms with van der Waals surface area (Å²) in [6.45, 7) is 7.68. The summed E-state index contributed by atoms with van der Waals surface area (Å²) in [6, 6.07) is 15.4. The lowest BCUT2D eigenvalue weighted by atomic mass is 10.2. The van der Waals surface area contributed by atoms with Gasteiger partial charge in [-0.3, -0.25) is 4.79 Å². The van der Waals surface area contributed by atoms with E-state index in [1.54, 1.807) is 17.1 Å². The second kappa shape index (κ2) is 8.88. The van der Waals surface area contributed by atoms with Crippen LogP contribution >= 0.6 is 11.6 Å². The Kier molecular flexibility index (Phi) is 6.31. The second-order valence-corrected chi connectivity index (χ2v) is 6.92. The van der Waals surface area contributed by atoms with Crippen LogP contribution in [0, 0.1) is 0 Å². The molecule has 1 heterocycles. The van der Waals surface area contributed by atoms with Gasteiger partial charge in [0.05, 0.1) is 44.1 Å². The van der Waals surface area contributed by atoms with Gasteiger partial charge in [0.1, 0.15) is 0 Å². The first-order valence-electron chi connectivity index (χ1n) is 9.08. The van der Waals surface area contributed by atoms with Crippen molar-refractivity contribution in [3.8, 4) is 0 Å². The number of likely N-dealkylation sites (N-methyl/N-ethyl adjacent to an activating group) is 1. The average Bonchev–Trinajstić information content (AvgIpc) is 2.67. The van der Waals surface area contributed by atoms with Crippen molar-refractivity contribution < 1.29 is 9.69 Å². The molecule has 0 unspecified atom stereocenters. The Balaban J connectivity index is 1.67. The van der Waals surface area contributed by atoms with Gasteiger partial charge >= 0.3 is 0 Å². The van der Waals surface area contributed by atoms with Crippen LogP contribution in [-0.4, -0.2) is 38.6 Å². The molecule has 2 aromatic rings. The first kappa shape index (κ1) is 18.5. The Morgan fingerprint density at radius 1 is 1.19 bits per heavy atom. The van der Waals surface area contributed by atoms with Crippen LogP contribution in [0.3, 0.4) is 0 Å². The van der Waals surface area contributed by atoms with E-state index in [0.717, 1.165) is 43.1 Å². The van der Waals surface area contributed by atoms with E-state index in [4.69, 9.17) is 11.6 Å². The predicted molar refractivity (Wildman–Crippen MR) is 109 cm³/mol. The van der Waals surface area contributed by atoms with E-state index in [-0.39, 0.29) is 5.91 Å². The molecule has 5 heteroatoms. The van der Waals surface area contributed by atoms with Crippen LogP contribution in [-0.2, 0) is 4.79 Å². The van der Waals surface area contributed by atoms with E-state index in [2.05, 4.69) is 23.2 Å². The molecule has 0 aromatic heterocycles. The standard InChI is InChI=1S/C21H24ClN3O/c1-2-24-12-14-25(15-13-24)20-9-4-3-8-19(20)23-21(26)11-10-17-6-5-7-18(22)16-17/h3-11,16H,2,12-15H2,1H3,(H,23,26)/p+1/b11-10+. The summed E-state index contributed by atoms with van der Waals surface area (Å²) in [5.41, 5.74) is 2.85. The smallest absolute Gasteiger partial charge is 0.248 e. The predicted octanol–water partition coefficient (Wildman–Crippen LogP) is 2.72. The van der Waals surface area contributed by atoms with Crippen molar-refractivity contribution in [1.29, 1.82) is 0 Å². The molecular weight excluding hydrogens is 346 g/mol. The molecule has 0 radical (unpaired) electrons. The molecule has 4 nitrogen and oxygen atoms in total. The summed E-state index contributed by atoms with van der Waals surface area (Å²) in [5, 5.41) is 3.67. The Hall–Kier alpha value is -2.30. The van der Waals surface area contributed by atoms with Gasteiger partial charge in [0.25, 0.3) is 0 Å². The zero-order valence-electron chi connectivity index (χ0n) is 15.0. The van der Waals surface area contributed by atoms with Gasteiger partial charge in [-0.2, -0.15) is 0 Å². The lowest BCUT2D eigenvalue weighted by Gasteiger charge is -2.34. The van der Waals surface area contributed by atoms with Crippen molar-refractivity contribution in [2.24, 2.45) is 0 Å². The summed E-state index contributed by atoms with van der Waals surface area (Å²) in [5.74, 6) is -0.143. The molecule has 0 atom stereocenters. The van der Waals surface area contributed by atoms with Gasteiger partial charge in [0, 0.05) is 11.1 Å². The fourth-order valence-corrected chi connectivity index (χ4v) is 3.43. The first-order chi connectivity index (χ1) is 12.7. The number of amides is 1. The third-order valence-corrected chi connectivity index (χ3v) is 4.98. The lowest BCUT2D eigenvalue weighted by Crippen LogP contribution is -3.14. The van der Waals surface area contributed by atoms with E-state index >= 15 is 0 Å². The molecule has 1 amide bonds. The number of quaternary nitrogens is 1. The number of hydrogen-bond donors (Lipinski definition) is 2. The fraction of sp³-hybridized carbons (Fsp3) is 0.286. The van der Waals surface area contributed by atoms with E-state index in [1.165, 1.54) is 6.54 Å². The fourth-order valence-electron chi connectivity index (χ4n) is 3.23. The molecule has 1 saturated heterocycles. The van der Waals surface area contributed by atoms with Gasteiger partial charge in [0.15, 0.2) is 0 Å². The molecule has 0 aliphatic carbocycles. The normalized spacial score (nSPS) is 15.4. The minimum Gasteiger partial charge on any atom is -0.359 e. The number of para-hydroxylation sites is 2. The Bertz CT molecular complexity index is 782. The molecule has 0 spiro atoms. The molecular formula is C21H25ClN3O+. The van der Waals surface area contributed by atoms with Crippen LogP contribution in [0.25, 0.3) is 6.08 Å². The minimum absolute atomic E-state index is 0.143. The monoisotopic (exact) mass is 370 g/mol.